The molecule has 0 heterocycles. The number of carbonyl (C=O) groups is 2. The van der Waals surface area contributed by atoms with Crippen LogP contribution in [-0.2, 0) is 16.1 Å². The van der Waals surface area contributed by atoms with Gasteiger partial charge in [-0.05, 0) is 70.7 Å². The van der Waals surface area contributed by atoms with E-state index < -0.39 is 6.04 Å². The number of rotatable bonds is 9. The minimum Gasteiger partial charge on any atom is -0.483 e. The maximum atomic E-state index is 13.3. The molecule has 0 saturated carbocycles. The minimum absolute atomic E-state index is 0.0365. The Kier molecular flexibility index (Phi) is 8.92. The summed E-state index contributed by atoms with van der Waals surface area (Å²) in [5.74, 6) is 0.147. The Bertz CT molecular complexity index is 1120. The van der Waals surface area contributed by atoms with Gasteiger partial charge in [0.15, 0.2) is 6.61 Å². The number of nitrogens with one attached hydrogen (secondary N) is 1. The van der Waals surface area contributed by atoms with Crippen molar-refractivity contribution in [3.8, 4) is 5.75 Å². The number of carbonyl (C=O) groups excluding carboxylic acids is 2. The lowest BCUT2D eigenvalue weighted by atomic mass is 10.1. The van der Waals surface area contributed by atoms with Crippen LogP contribution in [0.1, 0.15) is 32.8 Å². The van der Waals surface area contributed by atoms with E-state index in [1.807, 2.05) is 74.5 Å². The zero-order valence-electron chi connectivity index (χ0n) is 19.0. The number of nitrogens with zero attached hydrogens (tertiary/aromatic N) is 1. The van der Waals surface area contributed by atoms with Gasteiger partial charge in [-0.25, -0.2) is 0 Å². The summed E-state index contributed by atoms with van der Waals surface area (Å²) in [5, 5.41) is 5.06. The van der Waals surface area contributed by atoms with Crippen molar-refractivity contribution in [2.75, 3.05) is 6.61 Å². The molecule has 0 unspecified atom stereocenters. The molecule has 33 heavy (non-hydrogen) atoms. The molecule has 0 aliphatic carbocycles. The van der Waals surface area contributed by atoms with Crippen molar-refractivity contribution >= 4 is 54.4 Å². The molecular formula is C26H28Br2N2O3. The van der Waals surface area contributed by atoms with Gasteiger partial charge in [-0.15, -0.1) is 0 Å². The summed E-state index contributed by atoms with van der Waals surface area (Å²) in [7, 11) is 0. The average Bonchev–Trinajstić information content (AvgIpc) is 2.82. The van der Waals surface area contributed by atoms with Gasteiger partial charge in [0.05, 0.1) is 4.47 Å². The van der Waals surface area contributed by atoms with E-state index in [4.69, 9.17) is 4.74 Å². The number of hydrogen-bond acceptors (Lipinski definition) is 3. The van der Waals surface area contributed by atoms with Crippen LogP contribution < -0.4 is 10.1 Å². The van der Waals surface area contributed by atoms with E-state index in [1.165, 1.54) is 0 Å². The maximum Gasteiger partial charge on any atom is 0.261 e. The average molecular weight is 576 g/mol. The van der Waals surface area contributed by atoms with Crippen LogP contribution >= 0.6 is 31.9 Å². The third kappa shape index (κ3) is 6.58. The summed E-state index contributed by atoms with van der Waals surface area (Å²) in [5.41, 5.74) is 0.932. The molecule has 3 rings (SSSR count). The summed E-state index contributed by atoms with van der Waals surface area (Å²) >= 11 is 7.03. The normalized spacial score (nSPS) is 12.8. The van der Waals surface area contributed by atoms with Crippen molar-refractivity contribution in [1.82, 2.24) is 10.2 Å². The topological polar surface area (TPSA) is 58.6 Å². The second kappa shape index (κ2) is 11.7. The van der Waals surface area contributed by atoms with Crippen LogP contribution in [0, 0.1) is 0 Å². The van der Waals surface area contributed by atoms with Crippen molar-refractivity contribution in [1.29, 1.82) is 0 Å². The lowest BCUT2D eigenvalue weighted by Crippen LogP contribution is -2.50. The smallest absolute Gasteiger partial charge is 0.261 e. The molecule has 0 aliphatic heterocycles. The van der Waals surface area contributed by atoms with E-state index in [2.05, 4.69) is 37.2 Å². The predicted octanol–water partition coefficient (Wildman–Crippen LogP) is 6.08. The van der Waals surface area contributed by atoms with E-state index in [-0.39, 0.29) is 24.5 Å². The Labute approximate surface area is 211 Å². The van der Waals surface area contributed by atoms with Gasteiger partial charge in [0.1, 0.15) is 11.8 Å². The van der Waals surface area contributed by atoms with E-state index >= 15 is 0 Å². The first-order valence-corrected chi connectivity index (χ1v) is 12.5. The Morgan fingerprint density at radius 2 is 1.70 bits per heavy atom. The Morgan fingerprint density at radius 1 is 1.00 bits per heavy atom. The molecule has 0 radical (unpaired) electrons. The summed E-state index contributed by atoms with van der Waals surface area (Å²) in [6.45, 7) is 5.85. The number of amides is 2. The molecule has 2 atom stereocenters. The highest BCUT2D eigenvalue weighted by molar-refractivity contribution is 9.11. The third-order valence-electron chi connectivity index (χ3n) is 5.61. The van der Waals surface area contributed by atoms with Gasteiger partial charge in [-0.3, -0.25) is 9.59 Å². The lowest BCUT2D eigenvalue weighted by Gasteiger charge is -2.29. The predicted molar refractivity (Wildman–Crippen MR) is 139 cm³/mol. The van der Waals surface area contributed by atoms with Crippen LogP contribution in [0.15, 0.2) is 69.6 Å². The largest absolute Gasteiger partial charge is 0.483 e. The first kappa shape index (κ1) is 25.2. The molecule has 3 aromatic carbocycles. The third-order valence-corrected chi connectivity index (χ3v) is 6.96. The van der Waals surface area contributed by atoms with Gasteiger partial charge in [0.2, 0.25) is 5.91 Å². The van der Waals surface area contributed by atoms with E-state index in [1.54, 1.807) is 11.8 Å². The van der Waals surface area contributed by atoms with Gasteiger partial charge in [-0.1, -0.05) is 65.3 Å². The molecule has 0 spiro atoms. The number of ether oxygens (including phenoxy) is 1. The highest BCUT2D eigenvalue weighted by Gasteiger charge is 2.27. The van der Waals surface area contributed by atoms with E-state index in [9.17, 15) is 9.59 Å². The monoisotopic (exact) mass is 574 g/mol. The molecule has 0 saturated heterocycles. The zero-order valence-corrected chi connectivity index (χ0v) is 22.1. The summed E-state index contributed by atoms with van der Waals surface area (Å²) in [6, 6.07) is 18.9. The molecule has 5 nitrogen and oxygen atoms in total. The highest BCUT2D eigenvalue weighted by atomic mass is 79.9. The number of halogens is 2. The maximum absolute atomic E-state index is 13.3. The van der Waals surface area contributed by atoms with Crippen LogP contribution in [0.5, 0.6) is 5.75 Å². The fourth-order valence-electron chi connectivity index (χ4n) is 3.38. The summed E-state index contributed by atoms with van der Waals surface area (Å²) in [4.78, 5) is 27.6. The molecule has 1 N–H and O–H groups in total. The van der Waals surface area contributed by atoms with Crippen molar-refractivity contribution in [3.63, 3.8) is 0 Å². The first-order chi connectivity index (χ1) is 15.8. The Morgan fingerprint density at radius 3 is 2.39 bits per heavy atom. The standard InChI is InChI=1S/C26H28Br2N2O3/c1-4-17(2)29-26(32)18(3)30(15-19-9-12-21(27)13-10-19)24(31)16-33-23-14-11-20-7-5-6-8-22(20)25(23)28/h5-14,17-18H,4,15-16H2,1-3H3,(H,29,32)/t17-,18-/m1/s1. The van der Waals surface area contributed by atoms with Crippen LogP contribution in [-0.4, -0.2) is 35.4 Å². The van der Waals surface area contributed by atoms with Gasteiger partial charge in [-0.2, -0.15) is 0 Å². The summed E-state index contributed by atoms with van der Waals surface area (Å²) < 4.78 is 7.66. The summed E-state index contributed by atoms with van der Waals surface area (Å²) in [6.07, 6.45) is 0.818. The molecule has 7 heteroatoms. The van der Waals surface area contributed by atoms with Crippen molar-refractivity contribution in [2.45, 2.75) is 45.8 Å². The Balaban J connectivity index is 1.78. The number of fused-ring (bicyclic) bond motifs is 1. The highest BCUT2D eigenvalue weighted by Crippen LogP contribution is 2.33. The SMILES string of the molecule is CC[C@@H](C)NC(=O)[C@@H](C)N(Cc1ccc(Br)cc1)C(=O)COc1ccc2ccccc2c1Br. The number of benzene rings is 3. The molecule has 0 fully saturated rings. The van der Waals surface area contributed by atoms with Crippen molar-refractivity contribution < 1.29 is 14.3 Å². The van der Waals surface area contributed by atoms with Crippen LogP contribution in [0.4, 0.5) is 0 Å². The molecule has 0 aromatic heterocycles. The van der Waals surface area contributed by atoms with Crippen LogP contribution in [0.3, 0.4) is 0 Å². The second-order valence-corrected chi connectivity index (χ2v) is 9.74. The molecule has 2 amide bonds. The van der Waals surface area contributed by atoms with Crippen molar-refractivity contribution in [2.24, 2.45) is 0 Å². The van der Waals surface area contributed by atoms with Gasteiger partial charge < -0.3 is 15.0 Å². The Hall–Kier alpha value is -2.38. The van der Waals surface area contributed by atoms with E-state index in [0.29, 0.717) is 12.3 Å². The quantitative estimate of drug-likeness (QED) is 0.336. The zero-order chi connectivity index (χ0) is 24.0. The molecular weight excluding hydrogens is 548 g/mol. The fourth-order valence-corrected chi connectivity index (χ4v) is 4.25. The fraction of sp³-hybridized carbons (Fsp3) is 0.308. The minimum atomic E-state index is -0.640. The van der Waals surface area contributed by atoms with E-state index in [0.717, 1.165) is 31.7 Å². The van der Waals surface area contributed by atoms with Crippen LogP contribution in [0.2, 0.25) is 0 Å². The van der Waals surface area contributed by atoms with Gasteiger partial charge in [0.25, 0.3) is 5.91 Å². The number of hydrogen-bond donors (Lipinski definition) is 1. The molecule has 0 bridgehead atoms. The van der Waals surface area contributed by atoms with Gasteiger partial charge in [0, 0.05) is 17.1 Å². The molecule has 174 valence electrons. The second-order valence-electron chi connectivity index (χ2n) is 8.03. The lowest BCUT2D eigenvalue weighted by molar-refractivity contribution is -0.142. The van der Waals surface area contributed by atoms with Gasteiger partial charge >= 0.3 is 0 Å². The molecule has 3 aromatic rings. The first-order valence-electron chi connectivity index (χ1n) is 10.9. The molecule has 0 aliphatic rings. The van der Waals surface area contributed by atoms with Crippen molar-refractivity contribution in [3.05, 3.63) is 75.2 Å². The van der Waals surface area contributed by atoms with Crippen LogP contribution in [0.25, 0.3) is 10.8 Å².